The van der Waals surface area contributed by atoms with Gasteiger partial charge in [0.1, 0.15) is 5.82 Å². The average Bonchev–Trinajstić information content (AvgIpc) is 2.79. The summed E-state index contributed by atoms with van der Waals surface area (Å²) in [6, 6.07) is 8.68. The largest absolute Gasteiger partial charge is 0.267 e. The Labute approximate surface area is 114 Å². The molecule has 0 unspecified atom stereocenters. The van der Waals surface area contributed by atoms with Crippen molar-refractivity contribution < 1.29 is 4.39 Å². The predicted molar refractivity (Wildman–Crippen MR) is 75.8 cm³/mol. The van der Waals surface area contributed by atoms with Crippen LogP contribution in [0.5, 0.6) is 0 Å². The molecule has 0 saturated heterocycles. The summed E-state index contributed by atoms with van der Waals surface area (Å²) in [4.78, 5) is 0. The zero-order chi connectivity index (χ0) is 14.3. The van der Waals surface area contributed by atoms with E-state index in [1.165, 1.54) is 12.1 Å². The first-order chi connectivity index (χ1) is 8.71. The molecular weight excluding hydrogens is 239 g/mol. The van der Waals surface area contributed by atoms with Crippen LogP contribution in [0.25, 0.3) is 0 Å². The molecule has 0 amide bonds. The monoisotopic (exact) mass is 260 g/mol. The minimum Gasteiger partial charge on any atom is -0.267 e. The topological polar surface area (TPSA) is 17.8 Å². The van der Waals surface area contributed by atoms with E-state index >= 15 is 0 Å². The Morgan fingerprint density at radius 1 is 0.947 bits per heavy atom. The van der Waals surface area contributed by atoms with Crippen LogP contribution in [0.4, 0.5) is 4.39 Å². The summed E-state index contributed by atoms with van der Waals surface area (Å²) in [7, 11) is 0. The first-order valence-electron chi connectivity index (χ1n) is 6.54. The molecule has 19 heavy (non-hydrogen) atoms. The summed E-state index contributed by atoms with van der Waals surface area (Å²) in [5, 5.41) is 4.67. The molecule has 0 bridgehead atoms. The van der Waals surface area contributed by atoms with Gasteiger partial charge in [0.05, 0.1) is 11.2 Å². The van der Waals surface area contributed by atoms with Gasteiger partial charge in [0, 0.05) is 11.6 Å². The van der Waals surface area contributed by atoms with Crippen LogP contribution in [0.1, 0.15) is 45.9 Å². The molecule has 0 aliphatic carbocycles. The standard InChI is InChI=1S/C16H21FN2/c1-15(2,3)19-11-10-14(18-19)16(4,5)12-6-8-13(17)9-7-12/h6-11H,1-5H3. The molecule has 0 spiro atoms. The highest BCUT2D eigenvalue weighted by Gasteiger charge is 2.27. The predicted octanol–water partition coefficient (Wildman–Crippen LogP) is 4.10. The van der Waals surface area contributed by atoms with E-state index in [0.29, 0.717) is 0 Å². The first-order valence-corrected chi connectivity index (χ1v) is 6.54. The molecule has 0 aliphatic rings. The maximum absolute atomic E-state index is 13.0. The Bertz CT molecular complexity index is 559. The molecule has 1 heterocycles. The molecule has 0 atom stereocenters. The highest BCUT2D eigenvalue weighted by molar-refractivity contribution is 5.33. The van der Waals surface area contributed by atoms with Crippen molar-refractivity contribution in [3.8, 4) is 0 Å². The molecule has 0 N–H and O–H groups in total. The summed E-state index contributed by atoms with van der Waals surface area (Å²) in [6.45, 7) is 10.6. The van der Waals surface area contributed by atoms with Crippen molar-refractivity contribution in [1.82, 2.24) is 9.78 Å². The smallest absolute Gasteiger partial charge is 0.123 e. The highest BCUT2D eigenvalue weighted by Crippen LogP contribution is 2.31. The number of hydrogen-bond donors (Lipinski definition) is 0. The molecule has 1 aromatic carbocycles. The van der Waals surface area contributed by atoms with E-state index < -0.39 is 0 Å². The lowest BCUT2D eigenvalue weighted by Gasteiger charge is -2.24. The third-order valence-electron chi connectivity index (χ3n) is 3.48. The summed E-state index contributed by atoms with van der Waals surface area (Å²) in [6.07, 6.45) is 2.00. The van der Waals surface area contributed by atoms with Crippen LogP contribution < -0.4 is 0 Å². The van der Waals surface area contributed by atoms with Crippen LogP contribution in [0.2, 0.25) is 0 Å². The molecule has 0 fully saturated rings. The normalized spacial score (nSPS) is 12.7. The lowest BCUT2D eigenvalue weighted by atomic mass is 9.82. The van der Waals surface area contributed by atoms with Gasteiger partial charge in [-0.25, -0.2) is 4.39 Å². The highest BCUT2D eigenvalue weighted by atomic mass is 19.1. The van der Waals surface area contributed by atoms with E-state index in [9.17, 15) is 4.39 Å². The van der Waals surface area contributed by atoms with Crippen molar-refractivity contribution in [2.45, 2.75) is 45.6 Å². The zero-order valence-electron chi connectivity index (χ0n) is 12.2. The Hall–Kier alpha value is -1.64. The molecule has 0 saturated carbocycles. The van der Waals surface area contributed by atoms with Gasteiger partial charge in [-0.15, -0.1) is 0 Å². The number of aromatic nitrogens is 2. The lowest BCUT2D eigenvalue weighted by molar-refractivity contribution is 0.349. The van der Waals surface area contributed by atoms with Gasteiger partial charge in [-0.3, -0.25) is 4.68 Å². The van der Waals surface area contributed by atoms with Crippen LogP contribution in [-0.2, 0) is 11.0 Å². The Balaban J connectivity index is 2.39. The van der Waals surface area contributed by atoms with Crippen LogP contribution >= 0.6 is 0 Å². The number of rotatable bonds is 2. The second-order valence-corrected chi connectivity index (χ2v) is 6.45. The van der Waals surface area contributed by atoms with Gasteiger partial charge in [-0.2, -0.15) is 5.10 Å². The van der Waals surface area contributed by atoms with E-state index in [4.69, 9.17) is 0 Å². The fourth-order valence-electron chi connectivity index (χ4n) is 2.05. The van der Waals surface area contributed by atoms with Crippen molar-refractivity contribution in [2.75, 3.05) is 0 Å². The molecule has 2 aromatic rings. The van der Waals surface area contributed by atoms with Gasteiger partial charge in [-0.05, 0) is 44.5 Å². The maximum atomic E-state index is 13.0. The zero-order valence-corrected chi connectivity index (χ0v) is 12.2. The summed E-state index contributed by atoms with van der Waals surface area (Å²) >= 11 is 0. The molecule has 2 nitrogen and oxygen atoms in total. The number of halogens is 1. The van der Waals surface area contributed by atoms with Gasteiger partial charge < -0.3 is 0 Å². The Morgan fingerprint density at radius 2 is 1.53 bits per heavy atom. The minimum atomic E-state index is -0.232. The fourth-order valence-corrected chi connectivity index (χ4v) is 2.05. The van der Waals surface area contributed by atoms with Gasteiger partial charge in [0.2, 0.25) is 0 Å². The third kappa shape index (κ3) is 2.70. The average molecular weight is 260 g/mol. The van der Waals surface area contributed by atoms with E-state index in [0.717, 1.165) is 11.3 Å². The lowest BCUT2D eigenvalue weighted by Crippen LogP contribution is -2.25. The first kappa shape index (κ1) is 13.8. The van der Waals surface area contributed by atoms with Gasteiger partial charge in [-0.1, -0.05) is 26.0 Å². The van der Waals surface area contributed by atoms with E-state index in [1.54, 1.807) is 0 Å². The molecule has 2 rings (SSSR count). The van der Waals surface area contributed by atoms with E-state index in [2.05, 4.69) is 39.7 Å². The quantitative estimate of drug-likeness (QED) is 0.794. The molecule has 3 heteroatoms. The van der Waals surface area contributed by atoms with Crippen LogP contribution in [0.3, 0.4) is 0 Å². The Kier molecular flexibility index (Phi) is 3.25. The summed E-state index contributed by atoms with van der Waals surface area (Å²) < 4.78 is 15.0. The third-order valence-corrected chi connectivity index (χ3v) is 3.48. The van der Waals surface area contributed by atoms with Crippen molar-refractivity contribution >= 4 is 0 Å². The second kappa shape index (κ2) is 4.48. The molecule has 102 valence electrons. The molecule has 0 aliphatic heterocycles. The van der Waals surface area contributed by atoms with Crippen molar-refractivity contribution in [3.63, 3.8) is 0 Å². The minimum absolute atomic E-state index is 0.0306. The second-order valence-electron chi connectivity index (χ2n) is 6.45. The Morgan fingerprint density at radius 3 is 2.00 bits per heavy atom. The van der Waals surface area contributed by atoms with Crippen molar-refractivity contribution in [3.05, 3.63) is 53.6 Å². The van der Waals surface area contributed by atoms with Crippen LogP contribution in [-0.4, -0.2) is 9.78 Å². The molecule has 1 aromatic heterocycles. The van der Waals surface area contributed by atoms with E-state index in [1.807, 2.05) is 29.1 Å². The number of hydrogen-bond acceptors (Lipinski definition) is 1. The summed E-state index contributed by atoms with van der Waals surface area (Å²) in [5.74, 6) is -0.209. The van der Waals surface area contributed by atoms with Crippen LogP contribution in [0.15, 0.2) is 36.5 Å². The van der Waals surface area contributed by atoms with Gasteiger partial charge in [0.15, 0.2) is 0 Å². The maximum Gasteiger partial charge on any atom is 0.123 e. The SMILES string of the molecule is CC(C)(c1ccc(F)cc1)c1ccn(C(C)(C)C)n1. The number of nitrogens with zero attached hydrogens (tertiary/aromatic N) is 2. The fraction of sp³-hybridized carbons (Fsp3) is 0.438. The van der Waals surface area contributed by atoms with Gasteiger partial charge in [0.25, 0.3) is 0 Å². The van der Waals surface area contributed by atoms with Gasteiger partial charge >= 0.3 is 0 Å². The number of benzene rings is 1. The molecular formula is C16H21FN2. The van der Waals surface area contributed by atoms with Crippen molar-refractivity contribution in [1.29, 1.82) is 0 Å². The summed E-state index contributed by atoms with van der Waals surface area (Å²) in [5.41, 5.74) is 1.79. The molecule has 0 radical (unpaired) electrons. The van der Waals surface area contributed by atoms with Crippen molar-refractivity contribution in [2.24, 2.45) is 0 Å². The van der Waals surface area contributed by atoms with Crippen LogP contribution in [0, 0.1) is 5.82 Å². The van der Waals surface area contributed by atoms with E-state index in [-0.39, 0.29) is 16.8 Å².